The van der Waals surface area contributed by atoms with Crippen LogP contribution in [0.4, 0.5) is 18.0 Å². The van der Waals surface area contributed by atoms with Gasteiger partial charge in [-0.25, -0.2) is 14.6 Å². The number of hydrogen-bond acceptors (Lipinski definition) is 5. The molecule has 2 aromatic heterocycles. The van der Waals surface area contributed by atoms with Gasteiger partial charge in [0.1, 0.15) is 6.54 Å². The van der Waals surface area contributed by atoms with Crippen LogP contribution in [-0.4, -0.2) is 75.3 Å². The molecule has 0 radical (unpaired) electrons. The maximum absolute atomic E-state index is 13.2. The molecule has 3 aromatic rings. The molecule has 0 unspecified atom stereocenters. The Morgan fingerprint density at radius 2 is 1.89 bits per heavy atom. The number of nitrogens with one attached hydrogen (secondary N) is 2. The molecule has 3 heterocycles. The van der Waals surface area contributed by atoms with Crippen molar-refractivity contribution in [3.05, 3.63) is 70.9 Å². The first-order valence-electron chi connectivity index (χ1n) is 11.8. The molecule has 1 aromatic carbocycles. The molecule has 0 spiro atoms. The maximum atomic E-state index is 13.2. The highest BCUT2D eigenvalue weighted by Crippen LogP contribution is 2.24. The van der Waals surface area contributed by atoms with Gasteiger partial charge < -0.3 is 15.1 Å². The van der Waals surface area contributed by atoms with Crippen LogP contribution in [0.1, 0.15) is 24.4 Å². The van der Waals surface area contributed by atoms with E-state index in [-0.39, 0.29) is 17.4 Å². The van der Waals surface area contributed by atoms with Gasteiger partial charge in [-0.05, 0) is 31.7 Å². The zero-order valence-electron chi connectivity index (χ0n) is 20.3. The molecule has 10 nitrogen and oxygen atoms in total. The molecule has 200 valence electrons. The van der Waals surface area contributed by atoms with Crippen molar-refractivity contribution in [1.29, 1.82) is 0 Å². The van der Waals surface area contributed by atoms with E-state index in [1.807, 2.05) is 0 Å². The SMILES string of the molecule is C=N/C(=C\N(CC(F)(F)F)C(=O)CNC(=O)N1CCC(n2c(=O)[nH]c3ncccc32)CC1)c1ccccc1. The average molecular weight is 530 g/mol. The van der Waals surface area contributed by atoms with Gasteiger partial charge in [-0.1, -0.05) is 30.3 Å². The van der Waals surface area contributed by atoms with E-state index >= 15 is 0 Å². The van der Waals surface area contributed by atoms with Crippen molar-refractivity contribution >= 4 is 35.5 Å². The summed E-state index contributed by atoms with van der Waals surface area (Å²) in [5.74, 6) is -0.958. The summed E-state index contributed by atoms with van der Waals surface area (Å²) in [6.07, 6.45) is -1.14. The highest BCUT2D eigenvalue weighted by Gasteiger charge is 2.33. The molecule has 1 aliphatic rings. The van der Waals surface area contributed by atoms with E-state index in [9.17, 15) is 27.6 Å². The zero-order chi connectivity index (χ0) is 27.3. The van der Waals surface area contributed by atoms with E-state index in [4.69, 9.17) is 0 Å². The van der Waals surface area contributed by atoms with Gasteiger partial charge in [0.15, 0.2) is 5.65 Å². The van der Waals surface area contributed by atoms with Crippen LogP contribution in [0.25, 0.3) is 16.9 Å². The number of fused-ring (bicyclic) bond motifs is 1. The molecule has 0 aliphatic carbocycles. The van der Waals surface area contributed by atoms with Crippen molar-refractivity contribution in [3.8, 4) is 0 Å². The Kier molecular flexibility index (Phi) is 7.93. The number of carbonyl (C=O) groups is 2. The molecule has 3 amide bonds. The number of urea groups is 1. The zero-order valence-corrected chi connectivity index (χ0v) is 20.3. The molecule has 1 saturated heterocycles. The van der Waals surface area contributed by atoms with Crippen LogP contribution in [0, 0.1) is 0 Å². The van der Waals surface area contributed by atoms with E-state index in [1.54, 1.807) is 53.2 Å². The van der Waals surface area contributed by atoms with E-state index in [1.165, 1.54) is 4.90 Å². The smallest absolute Gasteiger partial charge is 0.329 e. The third kappa shape index (κ3) is 6.28. The number of alkyl halides is 3. The predicted octanol–water partition coefficient (Wildman–Crippen LogP) is 3.16. The number of carbonyl (C=O) groups excluding carboxylic acids is 2. The lowest BCUT2D eigenvalue weighted by Gasteiger charge is -2.32. The van der Waals surface area contributed by atoms with Crippen LogP contribution in [0.2, 0.25) is 0 Å². The molecule has 13 heteroatoms. The van der Waals surface area contributed by atoms with Crippen LogP contribution in [0.5, 0.6) is 0 Å². The minimum atomic E-state index is -4.67. The average Bonchev–Trinajstić information content (AvgIpc) is 3.25. The Balaban J connectivity index is 1.38. The number of imidazole rings is 1. The summed E-state index contributed by atoms with van der Waals surface area (Å²) < 4.78 is 41.2. The lowest BCUT2D eigenvalue weighted by Crippen LogP contribution is -2.48. The number of halogens is 3. The van der Waals surface area contributed by atoms with E-state index in [0.29, 0.717) is 47.6 Å². The number of aliphatic imine (C=N–C) groups is 1. The molecule has 4 rings (SSSR count). The molecule has 0 saturated carbocycles. The van der Waals surface area contributed by atoms with Gasteiger partial charge in [0.25, 0.3) is 0 Å². The normalized spacial score (nSPS) is 14.9. The topological polar surface area (TPSA) is 116 Å². The second-order valence-corrected chi connectivity index (χ2v) is 8.72. The number of aromatic amines is 1. The Morgan fingerprint density at radius 3 is 2.55 bits per heavy atom. The first kappa shape index (κ1) is 26.6. The Labute approximate surface area is 215 Å². The highest BCUT2D eigenvalue weighted by molar-refractivity contribution is 5.86. The van der Waals surface area contributed by atoms with Gasteiger partial charge in [0.2, 0.25) is 5.91 Å². The number of hydrogen-bond donors (Lipinski definition) is 2. The number of amides is 3. The number of aromatic nitrogens is 3. The lowest BCUT2D eigenvalue weighted by molar-refractivity contribution is -0.155. The number of rotatable bonds is 7. The first-order valence-corrected chi connectivity index (χ1v) is 11.8. The predicted molar refractivity (Wildman–Crippen MR) is 135 cm³/mol. The van der Waals surface area contributed by atoms with Gasteiger partial charge in [-0.2, -0.15) is 13.2 Å². The van der Waals surface area contributed by atoms with Gasteiger partial charge in [-0.3, -0.25) is 19.3 Å². The third-order valence-corrected chi connectivity index (χ3v) is 6.19. The summed E-state index contributed by atoms with van der Waals surface area (Å²) in [6.45, 7) is 1.80. The third-order valence-electron chi connectivity index (χ3n) is 6.19. The van der Waals surface area contributed by atoms with Crippen LogP contribution in [0.15, 0.2) is 64.6 Å². The maximum Gasteiger partial charge on any atom is 0.406 e. The summed E-state index contributed by atoms with van der Waals surface area (Å²) in [6, 6.07) is 11.1. The number of piperidine rings is 1. The standard InChI is InChI=1S/C25H26F3N7O3/c1-29-19(17-6-3-2-4-7-17)15-34(16-25(26,27)28)21(36)14-31-23(37)33-12-9-18(10-13-33)35-20-8-5-11-30-22(20)32-24(35)38/h2-8,11,15,18H,1,9-10,12-14,16H2,(H,31,37)(H,30,32,38)/b19-15-. The van der Waals surface area contributed by atoms with Gasteiger partial charge >= 0.3 is 17.9 Å². The molecule has 38 heavy (non-hydrogen) atoms. The molecule has 1 fully saturated rings. The van der Waals surface area contributed by atoms with Crippen LogP contribution in [0.3, 0.4) is 0 Å². The fraction of sp³-hybridized carbons (Fsp3) is 0.320. The summed E-state index contributed by atoms with van der Waals surface area (Å²) in [7, 11) is 0. The molecular formula is C25H26F3N7O3. The fourth-order valence-corrected chi connectivity index (χ4v) is 4.37. The van der Waals surface area contributed by atoms with Gasteiger partial charge in [0, 0.05) is 37.1 Å². The Bertz CT molecular complexity index is 1390. The monoisotopic (exact) mass is 529 g/mol. The van der Waals surface area contributed by atoms with E-state index < -0.39 is 31.2 Å². The van der Waals surface area contributed by atoms with Crippen molar-refractivity contribution in [1.82, 2.24) is 29.7 Å². The quantitative estimate of drug-likeness (QED) is 0.458. The van der Waals surface area contributed by atoms with Crippen LogP contribution < -0.4 is 11.0 Å². The van der Waals surface area contributed by atoms with Gasteiger partial charge in [0.05, 0.1) is 17.8 Å². The summed E-state index contributed by atoms with van der Waals surface area (Å²) in [4.78, 5) is 50.3. The summed E-state index contributed by atoms with van der Waals surface area (Å²) in [5, 5.41) is 2.41. The van der Waals surface area contributed by atoms with Crippen molar-refractivity contribution < 1.29 is 22.8 Å². The van der Waals surface area contributed by atoms with Crippen LogP contribution in [-0.2, 0) is 4.79 Å². The van der Waals surface area contributed by atoms with Crippen LogP contribution >= 0.6 is 0 Å². The molecule has 0 atom stereocenters. The van der Waals surface area contributed by atoms with Crippen molar-refractivity contribution in [2.24, 2.45) is 4.99 Å². The minimum Gasteiger partial charge on any atom is -0.329 e. The Hall–Kier alpha value is -4.42. The second-order valence-electron chi connectivity index (χ2n) is 8.72. The summed E-state index contributed by atoms with van der Waals surface area (Å²) >= 11 is 0. The number of nitrogens with zero attached hydrogens (tertiary/aromatic N) is 5. The van der Waals surface area contributed by atoms with Gasteiger partial charge in [-0.15, -0.1) is 0 Å². The highest BCUT2D eigenvalue weighted by atomic mass is 19.4. The molecular weight excluding hydrogens is 503 g/mol. The summed E-state index contributed by atoms with van der Waals surface area (Å²) in [5.41, 5.74) is 1.44. The number of pyridine rings is 1. The van der Waals surface area contributed by atoms with Crippen molar-refractivity contribution in [3.63, 3.8) is 0 Å². The number of H-pyrrole nitrogens is 1. The fourth-order valence-electron chi connectivity index (χ4n) is 4.37. The molecule has 1 aliphatic heterocycles. The number of likely N-dealkylation sites (tertiary alicyclic amines) is 1. The Morgan fingerprint density at radius 1 is 1.18 bits per heavy atom. The molecule has 0 bridgehead atoms. The number of benzene rings is 1. The largest absolute Gasteiger partial charge is 0.406 e. The van der Waals surface area contributed by atoms with E-state index in [2.05, 4.69) is 27.0 Å². The lowest BCUT2D eigenvalue weighted by atomic mass is 10.0. The van der Waals surface area contributed by atoms with E-state index in [0.717, 1.165) is 6.20 Å². The minimum absolute atomic E-state index is 0.0827. The first-order chi connectivity index (χ1) is 18.2. The molecule has 2 N–H and O–H groups in total. The van der Waals surface area contributed by atoms with Crippen molar-refractivity contribution in [2.75, 3.05) is 26.2 Å². The van der Waals surface area contributed by atoms with Crippen molar-refractivity contribution in [2.45, 2.75) is 25.1 Å². The second kappa shape index (κ2) is 11.3.